The van der Waals surface area contributed by atoms with Gasteiger partial charge < -0.3 is 5.11 Å². The fourth-order valence-electron chi connectivity index (χ4n) is 2.68. The number of aliphatic carboxylic acids is 1. The van der Waals surface area contributed by atoms with Gasteiger partial charge in [-0.2, -0.15) is 0 Å². The van der Waals surface area contributed by atoms with Gasteiger partial charge in [0, 0.05) is 6.42 Å². The third-order valence-electron chi connectivity index (χ3n) is 3.83. The zero-order chi connectivity index (χ0) is 13.1. The molecule has 1 rings (SSSR count). The summed E-state index contributed by atoms with van der Waals surface area (Å²) in [5.74, 6) is 0.219. The zero-order valence-electron chi connectivity index (χ0n) is 11.6. The molecule has 0 aromatic heterocycles. The summed E-state index contributed by atoms with van der Waals surface area (Å²) < 4.78 is 0. The van der Waals surface area contributed by atoms with Gasteiger partial charge in [-0.15, -0.1) is 0 Å². The van der Waals surface area contributed by atoms with Crippen LogP contribution in [0.15, 0.2) is 12.2 Å². The fourth-order valence-corrected chi connectivity index (χ4v) is 2.68. The van der Waals surface area contributed by atoms with Gasteiger partial charge in [0.15, 0.2) is 0 Å². The minimum Gasteiger partial charge on any atom is -0.481 e. The first kappa shape index (κ1) is 15.3. The van der Waals surface area contributed by atoms with Gasteiger partial charge in [-0.05, 0) is 31.6 Å². The van der Waals surface area contributed by atoms with E-state index >= 15 is 0 Å². The van der Waals surface area contributed by atoms with Crippen LogP contribution < -0.4 is 0 Å². The normalized spacial score (nSPS) is 18.3. The van der Waals surface area contributed by atoms with Crippen LogP contribution in [0.3, 0.4) is 0 Å². The van der Waals surface area contributed by atoms with Gasteiger partial charge in [-0.25, -0.2) is 0 Å². The van der Waals surface area contributed by atoms with Gasteiger partial charge >= 0.3 is 5.97 Å². The molecule has 104 valence electrons. The minimum absolute atomic E-state index is 0.342. The molecule has 0 radical (unpaired) electrons. The number of allylic oxidation sites excluding steroid dienone is 2. The van der Waals surface area contributed by atoms with Crippen LogP contribution in [-0.4, -0.2) is 11.1 Å². The van der Waals surface area contributed by atoms with Crippen molar-refractivity contribution >= 4 is 5.97 Å². The lowest BCUT2D eigenvalue weighted by Gasteiger charge is -2.06. The summed E-state index contributed by atoms with van der Waals surface area (Å²) >= 11 is 0. The molecule has 18 heavy (non-hydrogen) atoms. The molecule has 1 N–H and O–H groups in total. The summed E-state index contributed by atoms with van der Waals surface area (Å²) in [6.07, 6.45) is 19.0. The number of carboxylic acid groups (broad SMARTS) is 1. The maximum Gasteiger partial charge on any atom is 0.303 e. The number of hydrogen-bond acceptors (Lipinski definition) is 1. The van der Waals surface area contributed by atoms with Crippen molar-refractivity contribution < 1.29 is 9.90 Å². The number of rotatable bonds is 11. The quantitative estimate of drug-likeness (QED) is 0.418. The first-order valence-electron chi connectivity index (χ1n) is 7.67. The van der Waals surface area contributed by atoms with E-state index in [4.69, 9.17) is 5.11 Å². The Morgan fingerprint density at radius 1 is 1.00 bits per heavy atom. The van der Waals surface area contributed by atoms with Crippen molar-refractivity contribution in [3.63, 3.8) is 0 Å². The second kappa shape index (κ2) is 10.2. The van der Waals surface area contributed by atoms with Gasteiger partial charge in [-0.3, -0.25) is 4.79 Å². The van der Waals surface area contributed by atoms with E-state index in [9.17, 15) is 4.79 Å². The Bertz CT molecular complexity index is 245. The maximum absolute atomic E-state index is 10.3. The Kier molecular flexibility index (Phi) is 8.62. The molecular weight excluding hydrogens is 224 g/mol. The number of carboxylic acids is 1. The standard InChI is InChI=1S/C16H28O2/c17-16(18)14-8-6-4-2-1-3-5-7-11-15-12-9-10-13-15/h9,12,15H,1-8,10-11,13-14H2,(H,17,18). The van der Waals surface area contributed by atoms with E-state index in [-0.39, 0.29) is 0 Å². The van der Waals surface area contributed by atoms with E-state index in [1.165, 1.54) is 57.8 Å². The Morgan fingerprint density at radius 2 is 1.61 bits per heavy atom. The second-order valence-electron chi connectivity index (χ2n) is 5.53. The molecule has 0 saturated heterocycles. The average molecular weight is 252 g/mol. The van der Waals surface area contributed by atoms with Crippen LogP contribution in [0, 0.1) is 5.92 Å². The highest BCUT2D eigenvalue weighted by Gasteiger charge is 2.07. The summed E-state index contributed by atoms with van der Waals surface area (Å²) in [7, 11) is 0. The lowest BCUT2D eigenvalue weighted by Crippen LogP contribution is -1.93. The molecule has 0 amide bonds. The molecule has 0 aromatic carbocycles. The Balaban J connectivity index is 1.73. The molecule has 0 aliphatic heterocycles. The van der Waals surface area contributed by atoms with E-state index in [2.05, 4.69) is 12.2 Å². The molecule has 0 aromatic rings. The van der Waals surface area contributed by atoms with Gasteiger partial charge in [0.25, 0.3) is 0 Å². The third kappa shape index (κ3) is 8.32. The molecule has 2 heteroatoms. The highest BCUT2D eigenvalue weighted by atomic mass is 16.4. The van der Waals surface area contributed by atoms with Crippen molar-refractivity contribution in [2.45, 2.75) is 77.0 Å². The fraction of sp³-hybridized carbons (Fsp3) is 0.812. The van der Waals surface area contributed by atoms with E-state index in [1.807, 2.05) is 0 Å². The summed E-state index contributed by atoms with van der Waals surface area (Å²) in [6.45, 7) is 0. The van der Waals surface area contributed by atoms with E-state index in [1.54, 1.807) is 0 Å². The Labute approximate surface area is 111 Å². The number of hydrogen-bond donors (Lipinski definition) is 1. The van der Waals surface area contributed by atoms with Crippen molar-refractivity contribution in [1.29, 1.82) is 0 Å². The molecule has 0 bridgehead atoms. The number of carbonyl (C=O) groups is 1. The SMILES string of the molecule is O=C(O)CCCCCCCCCCC1C=CCC1. The Morgan fingerprint density at radius 3 is 2.17 bits per heavy atom. The van der Waals surface area contributed by atoms with Crippen LogP contribution in [0.4, 0.5) is 0 Å². The van der Waals surface area contributed by atoms with Crippen molar-refractivity contribution in [2.24, 2.45) is 5.92 Å². The lowest BCUT2D eigenvalue weighted by molar-refractivity contribution is -0.137. The van der Waals surface area contributed by atoms with E-state index in [0.29, 0.717) is 6.42 Å². The van der Waals surface area contributed by atoms with Crippen molar-refractivity contribution in [1.82, 2.24) is 0 Å². The monoisotopic (exact) mass is 252 g/mol. The van der Waals surface area contributed by atoms with Crippen LogP contribution in [-0.2, 0) is 4.79 Å². The van der Waals surface area contributed by atoms with Crippen molar-refractivity contribution in [3.8, 4) is 0 Å². The highest BCUT2D eigenvalue weighted by Crippen LogP contribution is 2.23. The second-order valence-corrected chi connectivity index (χ2v) is 5.53. The van der Waals surface area contributed by atoms with E-state index in [0.717, 1.165) is 18.8 Å². The molecule has 1 unspecified atom stereocenters. The van der Waals surface area contributed by atoms with Gasteiger partial charge in [0.2, 0.25) is 0 Å². The van der Waals surface area contributed by atoms with Crippen LogP contribution in [0.1, 0.15) is 77.0 Å². The summed E-state index contributed by atoms with van der Waals surface area (Å²) in [4.78, 5) is 10.3. The smallest absolute Gasteiger partial charge is 0.303 e. The molecule has 2 nitrogen and oxygen atoms in total. The maximum atomic E-state index is 10.3. The largest absolute Gasteiger partial charge is 0.481 e. The van der Waals surface area contributed by atoms with Crippen LogP contribution in [0.5, 0.6) is 0 Å². The molecule has 0 saturated carbocycles. The zero-order valence-corrected chi connectivity index (χ0v) is 11.6. The predicted molar refractivity (Wildman–Crippen MR) is 75.7 cm³/mol. The molecule has 0 spiro atoms. The molecule has 0 fully saturated rings. The molecule has 1 aliphatic rings. The lowest BCUT2D eigenvalue weighted by atomic mass is 9.99. The van der Waals surface area contributed by atoms with Crippen LogP contribution >= 0.6 is 0 Å². The molecule has 1 atom stereocenters. The summed E-state index contributed by atoms with van der Waals surface area (Å²) in [5, 5.41) is 8.50. The van der Waals surface area contributed by atoms with Gasteiger partial charge in [0.1, 0.15) is 0 Å². The predicted octanol–water partition coefficient (Wildman–Crippen LogP) is 4.94. The molecular formula is C16H28O2. The summed E-state index contributed by atoms with van der Waals surface area (Å²) in [6, 6.07) is 0. The summed E-state index contributed by atoms with van der Waals surface area (Å²) in [5.41, 5.74) is 0. The first-order chi connectivity index (χ1) is 8.79. The van der Waals surface area contributed by atoms with Gasteiger partial charge in [-0.1, -0.05) is 57.1 Å². The Hall–Kier alpha value is -0.790. The van der Waals surface area contributed by atoms with Crippen molar-refractivity contribution in [3.05, 3.63) is 12.2 Å². The molecule has 0 heterocycles. The topological polar surface area (TPSA) is 37.3 Å². The minimum atomic E-state index is -0.657. The third-order valence-corrected chi connectivity index (χ3v) is 3.83. The van der Waals surface area contributed by atoms with Crippen molar-refractivity contribution in [2.75, 3.05) is 0 Å². The highest BCUT2D eigenvalue weighted by molar-refractivity contribution is 5.66. The van der Waals surface area contributed by atoms with Gasteiger partial charge in [0.05, 0.1) is 0 Å². The first-order valence-corrected chi connectivity index (χ1v) is 7.67. The molecule has 1 aliphatic carbocycles. The van der Waals surface area contributed by atoms with Crippen LogP contribution in [0.25, 0.3) is 0 Å². The average Bonchev–Trinajstić information content (AvgIpc) is 2.84. The number of unbranched alkanes of at least 4 members (excludes halogenated alkanes) is 7. The van der Waals surface area contributed by atoms with E-state index < -0.39 is 5.97 Å². The van der Waals surface area contributed by atoms with Crippen LogP contribution in [0.2, 0.25) is 0 Å².